The van der Waals surface area contributed by atoms with E-state index < -0.39 is 10.1 Å². The van der Waals surface area contributed by atoms with E-state index in [1.807, 2.05) is 6.92 Å². The molecule has 4 nitrogen and oxygen atoms in total. The minimum absolute atomic E-state index is 0. The summed E-state index contributed by atoms with van der Waals surface area (Å²) in [7, 11) is -3.94. The summed E-state index contributed by atoms with van der Waals surface area (Å²) in [5.74, 6) is -0.279. The molecule has 1 atom stereocenters. The Morgan fingerprint density at radius 1 is 0.833 bits per heavy atom. The first-order valence-corrected chi connectivity index (χ1v) is 11.2. The molecular weight excluding hydrogens is 335 g/mol. The molecule has 0 radical (unpaired) electrons. The summed E-state index contributed by atoms with van der Waals surface area (Å²) >= 11 is 0. The number of ether oxygens (including phenoxy) is 1. The fraction of sp³-hybridized carbons (Fsp3) is 1.00. The van der Waals surface area contributed by atoms with Gasteiger partial charge >= 0.3 is 29.6 Å². The second-order valence-electron chi connectivity index (χ2n) is 6.50. The zero-order chi connectivity index (χ0) is 17.4. The van der Waals surface area contributed by atoms with E-state index in [-0.39, 0.29) is 42.8 Å². The normalized spacial score (nSPS) is 12.8. The zero-order valence-corrected chi connectivity index (χ0v) is 19.1. The van der Waals surface area contributed by atoms with Crippen LogP contribution in [0.2, 0.25) is 0 Å². The summed E-state index contributed by atoms with van der Waals surface area (Å²) in [4.78, 5) is 0. The summed E-state index contributed by atoms with van der Waals surface area (Å²) in [6, 6.07) is 0. The van der Waals surface area contributed by atoms with Gasteiger partial charge in [0.15, 0.2) is 0 Å². The Morgan fingerprint density at radius 2 is 1.25 bits per heavy atom. The van der Waals surface area contributed by atoms with Crippen molar-refractivity contribution in [2.24, 2.45) is 0 Å². The molecule has 0 aliphatic rings. The molecule has 0 aromatic heterocycles. The Morgan fingerprint density at radius 3 is 1.62 bits per heavy atom. The van der Waals surface area contributed by atoms with Crippen molar-refractivity contribution in [2.45, 2.75) is 103 Å². The number of hydrogen-bond acceptors (Lipinski definition) is 3. The Labute approximate surface area is 174 Å². The largest absolute Gasteiger partial charge is 1.00 e. The predicted octanol–water partition coefficient (Wildman–Crippen LogP) is 2.49. The van der Waals surface area contributed by atoms with Crippen LogP contribution in [0.5, 0.6) is 0 Å². The van der Waals surface area contributed by atoms with Gasteiger partial charge in [0, 0.05) is 6.61 Å². The van der Waals surface area contributed by atoms with Crippen LogP contribution in [0.15, 0.2) is 0 Å². The Hall–Kier alpha value is 0.870. The molecule has 0 aromatic rings. The maximum absolute atomic E-state index is 10.9. The van der Waals surface area contributed by atoms with Crippen LogP contribution in [0.25, 0.3) is 0 Å². The van der Waals surface area contributed by atoms with Gasteiger partial charge in [-0.15, -0.1) is 0 Å². The van der Waals surface area contributed by atoms with Crippen molar-refractivity contribution in [1.29, 1.82) is 0 Å². The van der Waals surface area contributed by atoms with Crippen molar-refractivity contribution < 1.29 is 48.7 Å². The van der Waals surface area contributed by atoms with E-state index in [1.165, 1.54) is 64.2 Å². The standard InChI is InChI=1S/C18H38O4S.Na.H/c1-3-5-6-7-8-9-10-11-12-13-14-15-16-18(22-4-2)17-23(19,20)21;;/h18H,3-17H2,1-2H3,(H,19,20,21);;/q;+1;-1. The van der Waals surface area contributed by atoms with Gasteiger partial charge in [-0.05, 0) is 13.3 Å². The van der Waals surface area contributed by atoms with Gasteiger partial charge in [0.05, 0.1) is 6.10 Å². The van der Waals surface area contributed by atoms with E-state index in [9.17, 15) is 8.42 Å². The summed E-state index contributed by atoms with van der Waals surface area (Å²) in [5, 5.41) is 0. The van der Waals surface area contributed by atoms with Crippen molar-refractivity contribution in [3.8, 4) is 0 Å². The van der Waals surface area contributed by atoms with E-state index in [2.05, 4.69) is 6.92 Å². The molecule has 1 N–H and O–H groups in total. The van der Waals surface area contributed by atoms with Crippen molar-refractivity contribution in [1.82, 2.24) is 0 Å². The van der Waals surface area contributed by atoms with E-state index in [0.717, 1.165) is 12.8 Å². The molecular formula is C18H39NaO4S. The predicted molar refractivity (Wildman–Crippen MR) is 98.6 cm³/mol. The monoisotopic (exact) mass is 374 g/mol. The van der Waals surface area contributed by atoms with Crippen LogP contribution in [-0.4, -0.2) is 31.4 Å². The minimum Gasteiger partial charge on any atom is -1.00 e. The number of rotatable bonds is 17. The molecule has 24 heavy (non-hydrogen) atoms. The maximum Gasteiger partial charge on any atom is 1.00 e. The maximum atomic E-state index is 10.9. The van der Waals surface area contributed by atoms with Gasteiger partial charge in [-0.3, -0.25) is 4.55 Å². The van der Waals surface area contributed by atoms with Crippen LogP contribution >= 0.6 is 0 Å². The molecule has 0 aliphatic heterocycles. The molecule has 0 heterocycles. The zero-order valence-electron chi connectivity index (χ0n) is 17.3. The first-order valence-electron chi connectivity index (χ1n) is 9.56. The van der Waals surface area contributed by atoms with Gasteiger partial charge in [0.1, 0.15) is 5.75 Å². The van der Waals surface area contributed by atoms with Crippen molar-refractivity contribution in [2.75, 3.05) is 12.4 Å². The average molecular weight is 375 g/mol. The molecule has 0 rings (SSSR count). The van der Waals surface area contributed by atoms with Gasteiger partial charge in [-0.25, -0.2) is 0 Å². The van der Waals surface area contributed by atoms with E-state index in [1.54, 1.807) is 0 Å². The van der Waals surface area contributed by atoms with E-state index in [4.69, 9.17) is 9.29 Å². The second-order valence-corrected chi connectivity index (χ2v) is 8.00. The van der Waals surface area contributed by atoms with Crippen molar-refractivity contribution in [3.05, 3.63) is 0 Å². The third kappa shape index (κ3) is 20.9. The Balaban J connectivity index is -0.00000242. The van der Waals surface area contributed by atoms with Crippen LogP contribution < -0.4 is 29.6 Å². The van der Waals surface area contributed by atoms with E-state index in [0.29, 0.717) is 13.0 Å². The topological polar surface area (TPSA) is 63.6 Å². The first-order chi connectivity index (χ1) is 11.0. The summed E-state index contributed by atoms with van der Waals surface area (Å²) in [6.07, 6.45) is 15.8. The third-order valence-corrected chi connectivity index (χ3v) is 4.97. The summed E-state index contributed by atoms with van der Waals surface area (Å²) < 4.78 is 36.1. The quantitative estimate of drug-likeness (QED) is 0.241. The summed E-state index contributed by atoms with van der Waals surface area (Å²) in [5.41, 5.74) is 0. The van der Waals surface area contributed by atoms with Crippen molar-refractivity contribution in [3.63, 3.8) is 0 Å². The van der Waals surface area contributed by atoms with Crippen LogP contribution in [0, 0.1) is 0 Å². The van der Waals surface area contributed by atoms with E-state index >= 15 is 0 Å². The van der Waals surface area contributed by atoms with Crippen LogP contribution in [0.3, 0.4) is 0 Å². The summed E-state index contributed by atoms with van der Waals surface area (Å²) in [6.45, 7) is 4.58. The molecule has 0 amide bonds. The molecule has 6 heteroatoms. The van der Waals surface area contributed by atoms with Crippen LogP contribution in [0.4, 0.5) is 0 Å². The SMILES string of the molecule is CCCCCCCCCCCCCCC(CS(=O)(=O)O)OCC.[H-].[Na+]. The molecule has 0 bridgehead atoms. The molecule has 1 unspecified atom stereocenters. The van der Waals surface area contributed by atoms with Gasteiger partial charge in [0.25, 0.3) is 10.1 Å². The van der Waals surface area contributed by atoms with Crippen molar-refractivity contribution >= 4 is 10.1 Å². The molecule has 0 spiro atoms. The first kappa shape index (κ1) is 27.1. The molecule has 142 valence electrons. The van der Waals surface area contributed by atoms with Gasteiger partial charge < -0.3 is 6.16 Å². The average Bonchev–Trinajstić information content (AvgIpc) is 2.47. The Kier molecular flexibility index (Phi) is 21.1. The molecule has 0 saturated carbocycles. The third-order valence-electron chi connectivity index (χ3n) is 4.18. The molecule has 0 aliphatic carbocycles. The molecule has 0 saturated heterocycles. The van der Waals surface area contributed by atoms with Crippen LogP contribution in [0.1, 0.15) is 98.7 Å². The smallest absolute Gasteiger partial charge is 1.00 e. The second kappa shape index (κ2) is 18.7. The van der Waals surface area contributed by atoms with Crippen LogP contribution in [-0.2, 0) is 14.9 Å². The number of hydrogen-bond donors (Lipinski definition) is 1. The van der Waals surface area contributed by atoms with Gasteiger partial charge in [0.2, 0.25) is 0 Å². The molecule has 0 aromatic carbocycles. The Bertz CT molecular complexity index is 353. The fourth-order valence-electron chi connectivity index (χ4n) is 2.90. The van der Waals surface area contributed by atoms with Gasteiger partial charge in [-0.2, -0.15) is 8.42 Å². The number of unbranched alkanes of at least 4 members (excludes halogenated alkanes) is 11. The molecule has 0 fully saturated rings. The minimum atomic E-state index is -3.94. The fourth-order valence-corrected chi connectivity index (χ4v) is 3.63. The van der Waals surface area contributed by atoms with Gasteiger partial charge in [-0.1, -0.05) is 84.0 Å².